The minimum absolute atomic E-state index is 0.0649. The topological polar surface area (TPSA) is 76.2 Å². The number of hydrogen-bond acceptors (Lipinski definition) is 6. The first-order chi connectivity index (χ1) is 12.5. The predicted molar refractivity (Wildman–Crippen MR) is 96.6 cm³/mol. The summed E-state index contributed by atoms with van der Waals surface area (Å²) in [6.45, 7) is 3.19. The Kier molecular flexibility index (Phi) is 6.29. The van der Waals surface area contributed by atoms with Gasteiger partial charge in [0.15, 0.2) is 0 Å². The molecular formula is C18H26N2O5S. The van der Waals surface area contributed by atoms with E-state index in [0.717, 1.165) is 19.3 Å². The van der Waals surface area contributed by atoms with Gasteiger partial charge in [0.2, 0.25) is 10.0 Å². The van der Waals surface area contributed by atoms with Crippen LogP contribution in [0.1, 0.15) is 29.6 Å². The molecule has 2 heterocycles. The van der Waals surface area contributed by atoms with Crippen LogP contribution in [0, 0.1) is 0 Å². The average molecular weight is 382 g/mol. The van der Waals surface area contributed by atoms with Crippen LogP contribution in [0.15, 0.2) is 29.2 Å². The maximum Gasteiger partial charge on any atom is 0.338 e. The van der Waals surface area contributed by atoms with Gasteiger partial charge in [-0.25, -0.2) is 13.2 Å². The summed E-state index contributed by atoms with van der Waals surface area (Å²) in [7, 11) is -1.63. The van der Waals surface area contributed by atoms with E-state index in [1.807, 2.05) is 7.05 Å². The molecule has 1 atom stereocenters. The molecule has 2 fully saturated rings. The Morgan fingerprint density at radius 2 is 2.00 bits per heavy atom. The van der Waals surface area contributed by atoms with Gasteiger partial charge in [-0.05, 0) is 44.5 Å². The molecule has 0 aromatic heterocycles. The number of ether oxygens (including phenoxy) is 2. The second-order valence-electron chi connectivity index (χ2n) is 6.82. The number of nitrogens with zero attached hydrogens (tertiary/aromatic N) is 2. The minimum atomic E-state index is -3.60. The van der Waals surface area contributed by atoms with E-state index in [0.29, 0.717) is 32.8 Å². The summed E-state index contributed by atoms with van der Waals surface area (Å²) in [5, 5.41) is 0. The third-order valence-corrected chi connectivity index (χ3v) is 6.74. The van der Waals surface area contributed by atoms with Crippen molar-refractivity contribution in [3.8, 4) is 0 Å². The van der Waals surface area contributed by atoms with Crippen molar-refractivity contribution in [2.24, 2.45) is 0 Å². The van der Waals surface area contributed by atoms with Crippen LogP contribution in [0.5, 0.6) is 0 Å². The fourth-order valence-electron chi connectivity index (χ4n) is 3.15. The molecule has 1 aromatic carbocycles. The van der Waals surface area contributed by atoms with Crippen LogP contribution in [-0.2, 0) is 19.5 Å². The SMILES string of the molecule is CN1CCN(S(=O)(=O)c2cccc(C(=O)OCC3CCCCO3)c2)CC1. The molecule has 0 spiro atoms. The highest BCUT2D eigenvalue weighted by molar-refractivity contribution is 7.89. The molecule has 1 aromatic rings. The fraction of sp³-hybridized carbons (Fsp3) is 0.611. The molecule has 1 unspecified atom stereocenters. The summed E-state index contributed by atoms with van der Waals surface area (Å²) in [5.41, 5.74) is 0.246. The van der Waals surface area contributed by atoms with E-state index < -0.39 is 16.0 Å². The second-order valence-corrected chi connectivity index (χ2v) is 8.76. The molecule has 2 aliphatic rings. The Bertz CT molecular complexity index is 723. The number of rotatable bonds is 5. The summed E-state index contributed by atoms with van der Waals surface area (Å²) in [4.78, 5) is 14.5. The van der Waals surface area contributed by atoms with Gasteiger partial charge in [-0.1, -0.05) is 6.07 Å². The number of likely N-dealkylation sites (N-methyl/N-ethyl adjacent to an activating group) is 1. The van der Waals surface area contributed by atoms with Gasteiger partial charge in [0.1, 0.15) is 6.61 Å². The molecule has 26 heavy (non-hydrogen) atoms. The summed E-state index contributed by atoms with van der Waals surface area (Å²) in [6.07, 6.45) is 2.92. The maximum absolute atomic E-state index is 12.8. The van der Waals surface area contributed by atoms with Gasteiger partial charge in [0.05, 0.1) is 16.6 Å². The molecule has 0 saturated carbocycles. The van der Waals surface area contributed by atoms with Crippen molar-refractivity contribution in [3.05, 3.63) is 29.8 Å². The third-order valence-electron chi connectivity index (χ3n) is 4.84. The Hall–Kier alpha value is -1.48. The standard InChI is InChI=1S/C18H26N2O5S/c1-19-8-10-20(11-9-19)26(22,23)17-7-4-5-15(13-17)18(21)25-14-16-6-2-3-12-24-16/h4-5,7,13,16H,2-3,6,8-12,14H2,1H3. The van der Waals surface area contributed by atoms with Crippen LogP contribution in [0.2, 0.25) is 0 Å². The van der Waals surface area contributed by atoms with E-state index in [-0.39, 0.29) is 23.2 Å². The highest BCUT2D eigenvalue weighted by Crippen LogP contribution is 2.19. The molecule has 2 saturated heterocycles. The molecule has 3 rings (SSSR count). The van der Waals surface area contributed by atoms with E-state index in [9.17, 15) is 13.2 Å². The first-order valence-electron chi connectivity index (χ1n) is 9.04. The fourth-order valence-corrected chi connectivity index (χ4v) is 4.62. The first kappa shape index (κ1) is 19.3. The van der Waals surface area contributed by atoms with E-state index >= 15 is 0 Å². The maximum atomic E-state index is 12.8. The van der Waals surface area contributed by atoms with Crippen molar-refractivity contribution < 1.29 is 22.7 Å². The lowest BCUT2D eigenvalue weighted by Gasteiger charge is -2.31. The zero-order valence-electron chi connectivity index (χ0n) is 15.1. The van der Waals surface area contributed by atoms with Gasteiger partial charge >= 0.3 is 5.97 Å². The number of benzene rings is 1. The molecular weight excluding hydrogens is 356 g/mol. The van der Waals surface area contributed by atoms with Gasteiger partial charge in [0.25, 0.3) is 0 Å². The number of piperazine rings is 1. The van der Waals surface area contributed by atoms with Crippen molar-refractivity contribution in [3.63, 3.8) is 0 Å². The van der Waals surface area contributed by atoms with E-state index in [1.54, 1.807) is 12.1 Å². The Balaban J connectivity index is 1.66. The second kappa shape index (κ2) is 8.47. The first-order valence-corrected chi connectivity index (χ1v) is 10.5. The minimum Gasteiger partial charge on any atom is -0.459 e. The van der Waals surface area contributed by atoms with Crippen molar-refractivity contribution in [2.75, 3.05) is 46.4 Å². The van der Waals surface area contributed by atoms with Crippen LogP contribution in [0.3, 0.4) is 0 Å². The summed E-state index contributed by atoms with van der Waals surface area (Å²) >= 11 is 0. The molecule has 0 aliphatic carbocycles. The van der Waals surface area contributed by atoms with Gasteiger partial charge in [-0.3, -0.25) is 0 Å². The molecule has 0 bridgehead atoms. The highest BCUT2D eigenvalue weighted by atomic mass is 32.2. The summed E-state index contributed by atoms with van der Waals surface area (Å²) < 4.78 is 37.9. The monoisotopic (exact) mass is 382 g/mol. The molecule has 0 amide bonds. The van der Waals surface area contributed by atoms with E-state index in [4.69, 9.17) is 9.47 Å². The van der Waals surface area contributed by atoms with Crippen LogP contribution in [0.25, 0.3) is 0 Å². The van der Waals surface area contributed by atoms with Crippen molar-refractivity contribution >= 4 is 16.0 Å². The van der Waals surface area contributed by atoms with E-state index in [2.05, 4.69) is 4.90 Å². The normalized spacial score (nSPS) is 22.9. The highest BCUT2D eigenvalue weighted by Gasteiger charge is 2.28. The summed E-state index contributed by atoms with van der Waals surface area (Å²) in [5.74, 6) is -0.519. The largest absolute Gasteiger partial charge is 0.459 e. The lowest BCUT2D eigenvalue weighted by molar-refractivity contribution is -0.0300. The molecule has 7 nitrogen and oxygen atoms in total. The molecule has 2 aliphatic heterocycles. The number of carbonyl (C=O) groups excluding carboxylic acids is 1. The van der Waals surface area contributed by atoms with Crippen LogP contribution < -0.4 is 0 Å². The summed E-state index contributed by atoms with van der Waals surface area (Å²) in [6, 6.07) is 6.08. The molecule has 0 N–H and O–H groups in total. The quantitative estimate of drug-likeness (QED) is 0.716. The van der Waals surface area contributed by atoms with Gasteiger partial charge in [-0.15, -0.1) is 0 Å². The van der Waals surface area contributed by atoms with Crippen molar-refractivity contribution in [2.45, 2.75) is 30.3 Å². The number of carbonyl (C=O) groups is 1. The Morgan fingerprint density at radius 1 is 1.23 bits per heavy atom. The van der Waals surface area contributed by atoms with Gasteiger partial charge in [0, 0.05) is 32.8 Å². The number of sulfonamides is 1. The van der Waals surface area contributed by atoms with Crippen molar-refractivity contribution in [1.82, 2.24) is 9.21 Å². The van der Waals surface area contributed by atoms with Gasteiger partial charge < -0.3 is 14.4 Å². The predicted octanol–water partition coefficient (Wildman–Crippen LogP) is 1.35. The lowest BCUT2D eigenvalue weighted by atomic mass is 10.1. The van der Waals surface area contributed by atoms with Crippen LogP contribution in [-0.4, -0.2) is 76.1 Å². The molecule has 8 heteroatoms. The Labute approximate surface area is 154 Å². The van der Waals surface area contributed by atoms with E-state index in [1.165, 1.54) is 16.4 Å². The lowest BCUT2D eigenvalue weighted by Crippen LogP contribution is -2.47. The smallest absolute Gasteiger partial charge is 0.338 e. The zero-order chi connectivity index (χ0) is 18.6. The molecule has 0 radical (unpaired) electrons. The number of esters is 1. The van der Waals surface area contributed by atoms with Crippen molar-refractivity contribution in [1.29, 1.82) is 0 Å². The van der Waals surface area contributed by atoms with Gasteiger partial charge in [-0.2, -0.15) is 4.31 Å². The third kappa shape index (κ3) is 4.62. The Morgan fingerprint density at radius 3 is 2.69 bits per heavy atom. The molecule has 144 valence electrons. The van der Waals surface area contributed by atoms with Crippen LogP contribution >= 0.6 is 0 Å². The number of hydrogen-bond donors (Lipinski definition) is 0. The van der Waals surface area contributed by atoms with Crippen LogP contribution in [0.4, 0.5) is 0 Å². The zero-order valence-corrected chi connectivity index (χ0v) is 15.9. The average Bonchev–Trinajstić information content (AvgIpc) is 2.67.